The van der Waals surface area contributed by atoms with Gasteiger partial charge in [0.15, 0.2) is 0 Å². The molecule has 2 saturated carbocycles. The van der Waals surface area contributed by atoms with E-state index in [1.165, 1.54) is 0 Å². The molecule has 0 spiro atoms. The van der Waals surface area contributed by atoms with Gasteiger partial charge in [0.1, 0.15) is 0 Å². The van der Waals surface area contributed by atoms with Gasteiger partial charge in [-0.15, -0.1) is 0 Å². The third-order valence-corrected chi connectivity index (χ3v) is 6.61. The molecule has 2 aliphatic rings. The molecule has 0 heterocycles. The van der Waals surface area contributed by atoms with Crippen molar-refractivity contribution >= 4 is 11.9 Å². The van der Waals surface area contributed by atoms with Crippen molar-refractivity contribution in [1.82, 2.24) is 10.8 Å². The number of rotatable bonds is 11. The largest absolute Gasteiger partial charge is 0.481 e. The number of aliphatic carboxylic acids is 1. The van der Waals surface area contributed by atoms with Crippen molar-refractivity contribution in [2.45, 2.75) is 58.8 Å². The number of nitrogens with one attached hydrogen (secondary N) is 2. The fourth-order valence-electron chi connectivity index (χ4n) is 4.79. The van der Waals surface area contributed by atoms with Crippen LogP contribution in [-0.2, 0) is 19.3 Å². The van der Waals surface area contributed by atoms with Crippen LogP contribution in [0.15, 0.2) is 0 Å². The first-order valence-electron chi connectivity index (χ1n) is 11.0. The molecule has 0 aromatic rings. The topological polar surface area (TPSA) is 117 Å². The van der Waals surface area contributed by atoms with Crippen LogP contribution in [0.3, 0.4) is 0 Å². The summed E-state index contributed by atoms with van der Waals surface area (Å²) in [5, 5.41) is 21.0. The Bertz CT molecular complexity index is 517. The van der Waals surface area contributed by atoms with Gasteiger partial charge in [0, 0.05) is 13.1 Å². The van der Waals surface area contributed by atoms with Crippen molar-refractivity contribution in [1.29, 1.82) is 0 Å². The molecule has 2 aliphatic carbocycles. The molecule has 6 atom stereocenters. The molecule has 0 aromatic heterocycles. The van der Waals surface area contributed by atoms with Crippen LogP contribution in [0.1, 0.15) is 58.8 Å². The minimum Gasteiger partial charge on any atom is -0.481 e. The normalized spacial score (nSPS) is 32.7. The van der Waals surface area contributed by atoms with Crippen LogP contribution >= 0.6 is 0 Å². The summed E-state index contributed by atoms with van der Waals surface area (Å²) >= 11 is 0. The summed E-state index contributed by atoms with van der Waals surface area (Å²) in [7, 11) is 0. The number of carbonyl (C=O) groups excluding carboxylic acids is 1. The highest BCUT2D eigenvalue weighted by atomic mass is 17.1. The average molecular weight is 415 g/mol. The van der Waals surface area contributed by atoms with E-state index in [1.807, 2.05) is 0 Å². The van der Waals surface area contributed by atoms with Crippen LogP contribution in [0.2, 0.25) is 0 Å². The molecule has 8 nitrogen and oxygen atoms in total. The van der Waals surface area contributed by atoms with E-state index >= 15 is 0 Å². The quantitative estimate of drug-likeness (QED) is 0.233. The van der Waals surface area contributed by atoms with Crippen molar-refractivity contribution in [3.05, 3.63) is 0 Å². The van der Waals surface area contributed by atoms with Crippen molar-refractivity contribution in [3.63, 3.8) is 0 Å². The van der Waals surface area contributed by atoms with E-state index in [1.54, 1.807) is 0 Å². The molecule has 0 bridgehead atoms. The zero-order valence-corrected chi connectivity index (χ0v) is 17.8. The highest BCUT2D eigenvalue weighted by molar-refractivity contribution is 5.84. The highest BCUT2D eigenvalue weighted by Crippen LogP contribution is 2.35. The van der Waals surface area contributed by atoms with Crippen molar-refractivity contribution in [2.75, 3.05) is 26.3 Å². The van der Waals surface area contributed by atoms with Crippen LogP contribution < -0.4 is 10.8 Å². The first-order valence-corrected chi connectivity index (χ1v) is 11.0. The van der Waals surface area contributed by atoms with Gasteiger partial charge in [0.25, 0.3) is 0 Å². The molecule has 0 aliphatic heterocycles. The van der Waals surface area contributed by atoms with Crippen LogP contribution in [-0.4, -0.2) is 48.5 Å². The van der Waals surface area contributed by atoms with Gasteiger partial charge in [0.05, 0.1) is 25.0 Å². The second-order valence-electron chi connectivity index (χ2n) is 9.05. The van der Waals surface area contributed by atoms with E-state index < -0.39 is 17.8 Å². The number of hydrogen-bond acceptors (Lipinski definition) is 6. The van der Waals surface area contributed by atoms with Crippen LogP contribution in [0.5, 0.6) is 0 Å². The lowest BCUT2D eigenvalue weighted by atomic mass is 9.74. The summed E-state index contributed by atoms with van der Waals surface area (Å²) in [6.45, 7) is 6.33. The zero-order chi connectivity index (χ0) is 21.2. The second kappa shape index (κ2) is 12.5. The maximum absolute atomic E-state index is 12.4. The van der Waals surface area contributed by atoms with E-state index in [0.717, 1.165) is 25.7 Å². The lowest BCUT2D eigenvalue weighted by molar-refractivity contribution is -0.257. The van der Waals surface area contributed by atoms with E-state index in [9.17, 15) is 14.7 Å². The number of hydrogen-bond donors (Lipinski definition) is 4. The predicted octanol–water partition coefficient (Wildman–Crippen LogP) is 2.69. The molecular formula is C21H38N2O6. The first kappa shape index (κ1) is 24.1. The van der Waals surface area contributed by atoms with Gasteiger partial charge < -0.3 is 15.3 Å². The molecule has 2 fully saturated rings. The standard InChI is InChI=1S/C21H38N2O6/c1-14-4-6-16(13-29-27)17(10-14)12-28-23-9-3-8-22-20(24)19-11-15(2)5-7-18(19)21(25)26/h14-19,23,27H,3-13H2,1-2H3,(H,22,24)(H,25,26). The fraction of sp³-hybridized carbons (Fsp3) is 0.905. The molecule has 8 heteroatoms. The molecule has 6 unspecified atom stereocenters. The van der Waals surface area contributed by atoms with E-state index in [0.29, 0.717) is 69.2 Å². The molecule has 168 valence electrons. The van der Waals surface area contributed by atoms with E-state index in [-0.39, 0.29) is 5.91 Å². The summed E-state index contributed by atoms with van der Waals surface area (Å²) in [5.74, 6) is -0.288. The Morgan fingerprint density at radius 2 is 1.66 bits per heavy atom. The van der Waals surface area contributed by atoms with Gasteiger partial charge >= 0.3 is 5.97 Å². The average Bonchev–Trinajstić information content (AvgIpc) is 2.68. The summed E-state index contributed by atoms with van der Waals surface area (Å²) < 4.78 is 0. The Morgan fingerprint density at radius 3 is 2.38 bits per heavy atom. The minimum atomic E-state index is -0.867. The molecular weight excluding hydrogens is 376 g/mol. The second-order valence-corrected chi connectivity index (χ2v) is 9.05. The van der Waals surface area contributed by atoms with Gasteiger partial charge in [-0.1, -0.05) is 20.3 Å². The Labute approximate surface area is 173 Å². The van der Waals surface area contributed by atoms with Crippen LogP contribution in [0, 0.1) is 35.5 Å². The first-order chi connectivity index (χ1) is 13.9. The third kappa shape index (κ3) is 7.85. The molecule has 0 aromatic carbocycles. The maximum Gasteiger partial charge on any atom is 0.307 e. The van der Waals surface area contributed by atoms with E-state index in [4.69, 9.17) is 10.1 Å². The van der Waals surface area contributed by atoms with E-state index in [2.05, 4.69) is 29.5 Å². The Hall–Kier alpha value is -1.22. The van der Waals surface area contributed by atoms with Gasteiger partial charge in [-0.2, -0.15) is 0 Å². The summed E-state index contributed by atoms with van der Waals surface area (Å²) in [5.41, 5.74) is 2.95. The smallest absolute Gasteiger partial charge is 0.307 e. The highest BCUT2D eigenvalue weighted by Gasteiger charge is 2.37. The van der Waals surface area contributed by atoms with Crippen LogP contribution in [0.4, 0.5) is 0 Å². The summed E-state index contributed by atoms with van der Waals surface area (Å²) in [6, 6.07) is 0. The number of amides is 1. The number of hydroxylamine groups is 1. The number of carbonyl (C=O) groups is 2. The summed E-state index contributed by atoms with van der Waals surface area (Å²) in [6.07, 6.45) is 6.05. The molecule has 4 N–H and O–H groups in total. The zero-order valence-electron chi connectivity index (χ0n) is 17.8. The molecule has 1 amide bonds. The number of carboxylic acids is 1. The van der Waals surface area contributed by atoms with Crippen molar-refractivity contribution in [3.8, 4) is 0 Å². The SMILES string of the molecule is CC1CCC(COO)C(CONCCCNC(=O)C2CC(C)CCC2C(=O)O)C1. The Balaban J connectivity index is 1.60. The molecule has 0 saturated heterocycles. The third-order valence-electron chi connectivity index (χ3n) is 6.61. The van der Waals surface area contributed by atoms with Crippen molar-refractivity contribution < 1.29 is 29.7 Å². The molecule has 29 heavy (non-hydrogen) atoms. The summed E-state index contributed by atoms with van der Waals surface area (Å²) in [4.78, 5) is 33.8. The molecule has 2 rings (SSSR count). The van der Waals surface area contributed by atoms with Crippen molar-refractivity contribution in [2.24, 2.45) is 35.5 Å². The maximum atomic E-state index is 12.4. The predicted molar refractivity (Wildman–Crippen MR) is 108 cm³/mol. The van der Waals surface area contributed by atoms with Gasteiger partial charge in [-0.3, -0.25) is 14.8 Å². The lowest BCUT2D eigenvalue weighted by Gasteiger charge is -2.33. The Kier molecular flexibility index (Phi) is 10.3. The van der Waals surface area contributed by atoms with Gasteiger partial charge in [-0.05, 0) is 62.2 Å². The molecule has 0 radical (unpaired) electrons. The minimum absolute atomic E-state index is 0.145. The van der Waals surface area contributed by atoms with Gasteiger partial charge in [-0.25, -0.2) is 10.4 Å². The van der Waals surface area contributed by atoms with Gasteiger partial charge in [0.2, 0.25) is 5.91 Å². The Morgan fingerprint density at radius 1 is 0.931 bits per heavy atom. The number of carboxylic acid groups (broad SMARTS) is 1. The lowest BCUT2D eigenvalue weighted by Crippen LogP contribution is -2.42. The fourth-order valence-corrected chi connectivity index (χ4v) is 4.79. The van der Waals surface area contributed by atoms with Crippen LogP contribution in [0.25, 0.3) is 0 Å². The monoisotopic (exact) mass is 414 g/mol.